The van der Waals surface area contributed by atoms with Gasteiger partial charge < -0.3 is 0 Å². The van der Waals surface area contributed by atoms with Crippen LogP contribution in [0.1, 0.15) is 0 Å². The molecule has 0 radical (unpaired) electrons. The van der Waals surface area contributed by atoms with Crippen LogP contribution in [0.25, 0.3) is 0 Å². The van der Waals surface area contributed by atoms with Crippen molar-refractivity contribution in [3.05, 3.63) is 12.2 Å². The molecule has 0 aromatic rings. The van der Waals surface area contributed by atoms with Gasteiger partial charge in [0, 0.05) is 4.43 Å². The molecule has 0 fully saturated rings. The fourth-order valence-electron chi connectivity index (χ4n) is 0.689. The maximum atomic E-state index is 10.7. The van der Waals surface area contributed by atoms with E-state index in [4.69, 9.17) is 0 Å². The molecule has 0 saturated carbocycles. The summed E-state index contributed by atoms with van der Waals surface area (Å²) in [6.45, 7) is 0. The molecular weight excluding hydrogens is 231 g/mol. The Labute approximate surface area is 66.5 Å². The molecule has 0 bridgehead atoms. The van der Waals surface area contributed by atoms with Crippen LogP contribution in [0.5, 0.6) is 0 Å². The van der Waals surface area contributed by atoms with Gasteiger partial charge in [0.2, 0.25) is 0 Å². The average Bonchev–Trinajstić information content (AvgIpc) is 2.12. The number of ketones is 2. The smallest absolute Gasteiger partial charge is 0.167 e. The fourth-order valence-corrected chi connectivity index (χ4v) is 1.56. The summed E-state index contributed by atoms with van der Waals surface area (Å²) in [6.07, 6.45) is 2.71. The SMILES string of the molecule is O=C1C=CC(=O)C1CI. The molecule has 1 rings (SSSR count). The summed E-state index contributed by atoms with van der Waals surface area (Å²) < 4.78 is 0.600. The first-order chi connectivity index (χ1) is 4.25. The van der Waals surface area contributed by atoms with E-state index in [-0.39, 0.29) is 17.5 Å². The summed E-state index contributed by atoms with van der Waals surface area (Å²) in [7, 11) is 0. The Morgan fingerprint density at radius 2 is 1.78 bits per heavy atom. The highest BCUT2D eigenvalue weighted by molar-refractivity contribution is 14.1. The van der Waals surface area contributed by atoms with Gasteiger partial charge in [-0.2, -0.15) is 0 Å². The zero-order valence-electron chi connectivity index (χ0n) is 4.63. The van der Waals surface area contributed by atoms with Crippen molar-refractivity contribution in [2.75, 3.05) is 4.43 Å². The summed E-state index contributed by atoms with van der Waals surface area (Å²) in [6, 6.07) is 0. The average molecular weight is 236 g/mol. The second kappa shape index (κ2) is 2.60. The molecule has 3 heteroatoms. The summed E-state index contributed by atoms with van der Waals surface area (Å²) in [4.78, 5) is 21.4. The number of hydrogen-bond donors (Lipinski definition) is 0. The van der Waals surface area contributed by atoms with Gasteiger partial charge in [-0.1, -0.05) is 22.6 Å². The molecule has 0 aromatic carbocycles. The molecule has 0 N–H and O–H groups in total. The van der Waals surface area contributed by atoms with E-state index in [2.05, 4.69) is 0 Å². The second-order valence-corrected chi connectivity index (χ2v) is 2.73. The van der Waals surface area contributed by atoms with Gasteiger partial charge in [-0.3, -0.25) is 9.59 Å². The van der Waals surface area contributed by atoms with Crippen molar-refractivity contribution < 1.29 is 9.59 Å². The summed E-state index contributed by atoms with van der Waals surface area (Å²) >= 11 is 2.04. The van der Waals surface area contributed by atoms with Crippen LogP contribution < -0.4 is 0 Å². The Morgan fingerprint density at radius 1 is 1.33 bits per heavy atom. The molecule has 0 heterocycles. The third kappa shape index (κ3) is 1.20. The Kier molecular flexibility index (Phi) is 2.00. The quantitative estimate of drug-likeness (QED) is 0.382. The monoisotopic (exact) mass is 236 g/mol. The van der Waals surface area contributed by atoms with Crippen molar-refractivity contribution in [2.45, 2.75) is 0 Å². The van der Waals surface area contributed by atoms with E-state index in [9.17, 15) is 9.59 Å². The van der Waals surface area contributed by atoms with Gasteiger partial charge >= 0.3 is 0 Å². The fraction of sp³-hybridized carbons (Fsp3) is 0.333. The van der Waals surface area contributed by atoms with Crippen molar-refractivity contribution in [3.63, 3.8) is 0 Å². The molecule has 0 atom stereocenters. The minimum atomic E-state index is -0.370. The standard InChI is InChI=1S/C6H5IO2/c7-3-4-5(8)1-2-6(4)9/h1-2,4H,3H2. The van der Waals surface area contributed by atoms with Crippen LogP contribution in [0.15, 0.2) is 12.2 Å². The largest absolute Gasteiger partial charge is 0.294 e. The molecule has 0 saturated heterocycles. The normalized spacial score (nSPS) is 19.7. The number of carbonyl (C=O) groups is 2. The van der Waals surface area contributed by atoms with Crippen molar-refractivity contribution in [2.24, 2.45) is 5.92 Å². The zero-order chi connectivity index (χ0) is 6.85. The predicted molar refractivity (Wildman–Crippen MR) is 41.5 cm³/mol. The highest BCUT2D eigenvalue weighted by atomic mass is 127. The molecule has 0 aliphatic heterocycles. The maximum absolute atomic E-state index is 10.7. The Balaban J connectivity index is 2.75. The van der Waals surface area contributed by atoms with Gasteiger partial charge in [-0.25, -0.2) is 0 Å². The minimum Gasteiger partial charge on any atom is -0.294 e. The maximum Gasteiger partial charge on any atom is 0.167 e. The molecule has 0 unspecified atom stereocenters. The third-order valence-electron chi connectivity index (χ3n) is 1.25. The summed E-state index contributed by atoms with van der Waals surface area (Å²) in [5.41, 5.74) is 0. The highest BCUT2D eigenvalue weighted by Gasteiger charge is 2.26. The van der Waals surface area contributed by atoms with Crippen molar-refractivity contribution in [1.82, 2.24) is 0 Å². The van der Waals surface area contributed by atoms with E-state index < -0.39 is 0 Å². The lowest BCUT2D eigenvalue weighted by atomic mass is 10.1. The molecule has 0 spiro atoms. The van der Waals surface area contributed by atoms with Crippen LogP contribution >= 0.6 is 22.6 Å². The number of alkyl halides is 1. The number of hydrogen-bond acceptors (Lipinski definition) is 2. The van der Waals surface area contributed by atoms with E-state index in [1.807, 2.05) is 22.6 Å². The third-order valence-corrected chi connectivity index (χ3v) is 2.13. The van der Waals surface area contributed by atoms with E-state index in [0.717, 1.165) is 0 Å². The first-order valence-corrected chi connectivity index (χ1v) is 4.10. The number of halogens is 1. The van der Waals surface area contributed by atoms with Crippen LogP contribution in [0, 0.1) is 5.92 Å². The molecular formula is C6H5IO2. The van der Waals surface area contributed by atoms with Gasteiger partial charge in [0.05, 0.1) is 5.92 Å². The minimum absolute atomic E-state index is 0.0469. The Hall–Kier alpha value is -0.190. The molecule has 0 aromatic heterocycles. The molecule has 2 nitrogen and oxygen atoms in total. The van der Waals surface area contributed by atoms with Gasteiger partial charge in [0.15, 0.2) is 11.6 Å². The van der Waals surface area contributed by atoms with E-state index in [1.165, 1.54) is 12.2 Å². The zero-order valence-corrected chi connectivity index (χ0v) is 6.79. The van der Waals surface area contributed by atoms with Gasteiger partial charge in [0.1, 0.15) is 0 Å². The number of carbonyl (C=O) groups excluding carboxylic acids is 2. The van der Waals surface area contributed by atoms with Crippen molar-refractivity contribution >= 4 is 34.2 Å². The second-order valence-electron chi connectivity index (χ2n) is 1.84. The van der Waals surface area contributed by atoms with Crippen LogP contribution in [0.3, 0.4) is 0 Å². The first-order valence-electron chi connectivity index (χ1n) is 2.57. The Bertz CT molecular complexity index is 165. The van der Waals surface area contributed by atoms with E-state index in [0.29, 0.717) is 4.43 Å². The van der Waals surface area contributed by atoms with Crippen LogP contribution in [-0.2, 0) is 9.59 Å². The Morgan fingerprint density at radius 3 is 2.00 bits per heavy atom. The van der Waals surface area contributed by atoms with Gasteiger partial charge in [-0.15, -0.1) is 0 Å². The highest BCUT2D eigenvalue weighted by Crippen LogP contribution is 2.12. The molecule has 1 aliphatic rings. The topological polar surface area (TPSA) is 34.1 Å². The van der Waals surface area contributed by atoms with E-state index >= 15 is 0 Å². The molecule has 1 aliphatic carbocycles. The lowest BCUT2D eigenvalue weighted by Gasteiger charge is -1.97. The van der Waals surface area contributed by atoms with E-state index in [1.54, 1.807) is 0 Å². The van der Waals surface area contributed by atoms with Crippen molar-refractivity contribution in [1.29, 1.82) is 0 Å². The lowest BCUT2D eigenvalue weighted by Crippen LogP contribution is -2.16. The summed E-state index contributed by atoms with van der Waals surface area (Å²) in [5, 5.41) is 0. The summed E-state index contributed by atoms with van der Waals surface area (Å²) in [5.74, 6) is -0.464. The van der Waals surface area contributed by atoms with Crippen LogP contribution in [-0.4, -0.2) is 16.0 Å². The molecule has 9 heavy (non-hydrogen) atoms. The lowest BCUT2D eigenvalue weighted by molar-refractivity contribution is -0.124. The van der Waals surface area contributed by atoms with Gasteiger partial charge in [0.25, 0.3) is 0 Å². The predicted octanol–water partition coefficient (Wildman–Crippen LogP) is 0.746. The van der Waals surface area contributed by atoms with Crippen LogP contribution in [0.2, 0.25) is 0 Å². The first kappa shape index (κ1) is 6.92. The number of rotatable bonds is 1. The number of allylic oxidation sites excluding steroid dienone is 2. The van der Waals surface area contributed by atoms with Crippen molar-refractivity contribution in [3.8, 4) is 0 Å². The van der Waals surface area contributed by atoms with Crippen LogP contribution in [0.4, 0.5) is 0 Å². The van der Waals surface area contributed by atoms with Gasteiger partial charge in [-0.05, 0) is 12.2 Å². The molecule has 0 amide bonds. The molecule has 48 valence electrons.